The van der Waals surface area contributed by atoms with Crippen LogP contribution in [0.2, 0.25) is 0 Å². The molecule has 2 aliphatic rings. The summed E-state index contributed by atoms with van der Waals surface area (Å²) in [5, 5.41) is 9.60. The summed E-state index contributed by atoms with van der Waals surface area (Å²) in [7, 11) is -0.261. The number of nitriles is 1. The van der Waals surface area contributed by atoms with Crippen LogP contribution < -0.4 is 4.90 Å². The predicted octanol–water partition coefficient (Wildman–Crippen LogP) is 2.52. The summed E-state index contributed by atoms with van der Waals surface area (Å²) in [6.07, 6.45) is 8.08. The molecular weight excluding hydrogens is 544 g/mol. The van der Waals surface area contributed by atoms with E-state index in [2.05, 4.69) is 20.9 Å². The van der Waals surface area contributed by atoms with Crippen LogP contribution in [0.4, 0.5) is 10.5 Å². The Hall–Kier alpha value is -3.89. The molecule has 4 heterocycles. The van der Waals surface area contributed by atoms with Gasteiger partial charge in [-0.15, -0.1) is 0 Å². The van der Waals surface area contributed by atoms with Crippen molar-refractivity contribution in [2.75, 3.05) is 37.7 Å². The van der Waals surface area contributed by atoms with Crippen LogP contribution in [-0.2, 0) is 41.8 Å². The molecule has 0 spiro atoms. The van der Waals surface area contributed by atoms with Crippen molar-refractivity contribution in [2.24, 2.45) is 20.0 Å². The first kappa shape index (κ1) is 28.6. The minimum atomic E-state index is -3.94. The van der Waals surface area contributed by atoms with E-state index in [1.165, 1.54) is 12.5 Å². The Labute approximate surface area is 240 Å². The lowest BCUT2D eigenvalue weighted by Crippen LogP contribution is -2.53. The number of sulfonamides is 1. The van der Waals surface area contributed by atoms with Crippen LogP contribution in [-0.4, -0.2) is 81.6 Å². The third-order valence-corrected chi connectivity index (χ3v) is 9.75. The number of carbonyl (C=O) groups excluding carboxylic acids is 1. The summed E-state index contributed by atoms with van der Waals surface area (Å²) in [6.45, 7) is 4.47. The molecule has 0 N–H and O–H groups in total. The zero-order valence-corrected chi connectivity index (χ0v) is 24.5. The molecule has 1 aromatic carbocycles. The molecule has 1 atom stereocenters. The molecule has 1 fully saturated rings. The van der Waals surface area contributed by atoms with Crippen LogP contribution in [0.1, 0.15) is 36.6 Å². The maximum absolute atomic E-state index is 14.2. The van der Waals surface area contributed by atoms with Crippen LogP contribution in [0, 0.1) is 17.2 Å². The number of anilines is 1. The molecule has 0 bridgehead atoms. The molecular formula is C28H36N8O4S. The van der Waals surface area contributed by atoms with Gasteiger partial charge in [-0.05, 0) is 55.9 Å². The van der Waals surface area contributed by atoms with Crippen LogP contribution >= 0.6 is 0 Å². The average molecular weight is 581 g/mol. The monoisotopic (exact) mass is 580 g/mol. The van der Waals surface area contributed by atoms with Gasteiger partial charge in [0.25, 0.3) is 10.0 Å². The van der Waals surface area contributed by atoms with Crippen molar-refractivity contribution in [2.45, 2.75) is 43.8 Å². The lowest BCUT2D eigenvalue weighted by Gasteiger charge is -2.42. The number of hydrogen-bond acceptors (Lipinski definition) is 8. The summed E-state index contributed by atoms with van der Waals surface area (Å²) in [4.78, 5) is 24.6. The topological polar surface area (TPSA) is 130 Å². The molecule has 1 unspecified atom stereocenters. The van der Waals surface area contributed by atoms with Crippen LogP contribution in [0.3, 0.4) is 0 Å². The van der Waals surface area contributed by atoms with Crippen LogP contribution in [0.5, 0.6) is 0 Å². The quantitative estimate of drug-likeness (QED) is 0.398. The summed E-state index contributed by atoms with van der Waals surface area (Å²) in [5.41, 5.74) is 3.45. The van der Waals surface area contributed by atoms with Gasteiger partial charge >= 0.3 is 6.09 Å². The van der Waals surface area contributed by atoms with Gasteiger partial charge in [0.1, 0.15) is 0 Å². The van der Waals surface area contributed by atoms with Gasteiger partial charge in [-0.3, -0.25) is 0 Å². The molecule has 1 amide bonds. The Morgan fingerprint density at radius 1 is 1.22 bits per heavy atom. The van der Waals surface area contributed by atoms with Gasteiger partial charge in [0.2, 0.25) is 0 Å². The Morgan fingerprint density at radius 3 is 2.63 bits per heavy atom. The number of aryl methyl sites for hydroxylation is 2. The fourth-order valence-electron chi connectivity index (χ4n) is 5.73. The van der Waals surface area contributed by atoms with E-state index >= 15 is 0 Å². The van der Waals surface area contributed by atoms with E-state index in [1.807, 2.05) is 29.9 Å². The summed E-state index contributed by atoms with van der Waals surface area (Å²) in [6, 6.07) is 7.44. The van der Waals surface area contributed by atoms with E-state index in [1.54, 1.807) is 40.1 Å². The zero-order valence-electron chi connectivity index (χ0n) is 23.7. The van der Waals surface area contributed by atoms with Gasteiger partial charge < -0.3 is 23.7 Å². The molecule has 218 valence electrons. The highest BCUT2D eigenvalue weighted by Gasteiger charge is 2.39. The highest BCUT2D eigenvalue weighted by atomic mass is 32.2. The predicted molar refractivity (Wildman–Crippen MR) is 151 cm³/mol. The fourth-order valence-corrected chi connectivity index (χ4v) is 7.39. The van der Waals surface area contributed by atoms with Crippen LogP contribution in [0.15, 0.2) is 48.3 Å². The third-order valence-electron chi connectivity index (χ3n) is 7.95. The number of fused-ring (bicyclic) bond motifs is 1. The van der Waals surface area contributed by atoms with E-state index in [0.29, 0.717) is 64.2 Å². The fraction of sp³-hybridized carbons (Fsp3) is 0.500. The second-order valence-electron chi connectivity index (χ2n) is 10.8. The normalized spacial score (nSPS) is 17.9. The molecule has 3 aromatic rings. The molecule has 0 radical (unpaired) electrons. The van der Waals surface area contributed by atoms with Gasteiger partial charge in [-0.2, -0.15) is 9.57 Å². The van der Waals surface area contributed by atoms with Gasteiger partial charge in [-0.25, -0.2) is 23.2 Å². The molecule has 1 saturated heterocycles. The molecule has 2 aromatic heterocycles. The number of ether oxygens (including phenoxy) is 1. The molecule has 0 aliphatic carbocycles. The lowest BCUT2D eigenvalue weighted by molar-refractivity contribution is 0.0881. The van der Waals surface area contributed by atoms with Crippen molar-refractivity contribution in [1.82, 2.24) is 28.3 Å². The molecule has 13 heteroatoms. The number of benzene rings is 1. The Balaban J connectivity index is 1.47. The van der Waals surface area contributed by atoms with Crippen molar-refractivity contribution >= 4 is 21.8 Å². The Bertz CT molecular complexity index is 1530. The second-order valence-corrected chi connectivity index (χ2v) is 12.6. The molecule has 5 rings (SSSR count). The number of piperidine rings is 1. The van der Waals surface area contributed by atoms with Crippen molar-refractivity contribution in [3.63, 3.8) is 0 Å². The first-order valence-corrected chi connectivity index (χ1v) is 15.3. The number of carbonyl (C=O) groups is 1. The summed E-state index contributed by atoms with van der Waals surface area (Å²) >= 11 is 0. The maximum Gasteiger partial charge on any atom is 0.409 e. The van der Waals surface area contributed by atoms with Crippen molar-refractivity contribution in [1.29, 1.82) is 5.26 Å². The van der Waals surface area contributed by atoms with Gasteiger partial charge in [0, 0.05) is 64.4 Å². The minimum absolute atomic E-state index is 0.0127. The molecule has 41 heavy (non-hydrogen) atoms. The van der Waals surface area contributed by atoms with Gasteiger partial charge in [-0.1, -0.05) is 0 Å². The van der Waals surface area contributed by atoms with Crippen molar-refractivity contribution in [3.05, 3.63) is 60.1 Å². The lowest BCUT2D eigenvalue weighted by atomic mass is 9.93. The van der Waals surface area contributed by atoms with E-state index in [0.717, 1.165) is 16.9 Å². The number of imidazole rings is 2. The average Bonchev–Trinajstić information content (AvgIpc) is 3.59. The summed E-state index contributed by atoms with van der Waals surface area (Å²) in [5.74, 6) is 0.0662. The smallest absolute Gasteiger partial charge is 0.409 e. The number of aromatic nitrogens is 4. The first-order chi connectivity index (χ1) is 19.7. The SMILES string of the molecule is CCOC(=O)N1CCC(CN(C2Cc3cc(C#N)ccc3N(Cc3cncn3C)C2)S(=O)(=O)c2cn(C)cn2)CC1. The summed E-state index contributed by atoms with van der Waals surface area (Å²) < 4.78 is 38.7. The number of hydrogen-bond donors (Lipinski definition) is 0. The number of amides is 1. The van der Waals surface area contributed by atoms with E-state index in [-0.39, 0.29) is 23.1 Å². The zero-order chi connectivity index (χ0) is 29.1. The van der Waals surface area contributed by atoms with E-state index in [4.69, 9.17) is 4.74 Å². The number of nitrogens with zero attached hydrogens (tertiary/aromatic N) is 8. The maximum atomic E-state index is 14.2. The number of likely N-dealkylation sites (tertiary alicyclic amines) is 1. The van der Waals surface area contributed by atoms with Crippen molar-refractivity contribution in [3.8, 4) is 6.07 Å². The van der Waals surface area contributed by atoms with Crippen LogP contribution in [0.25, 0.3) is 0 Å². The van der Waals surface area contributed by atoms with Gasteiger partial charge in [0.05, 0.1) is 43.1 Å². The van der Waals surface area contributed by atoms with E-state index in [9.17, 15) is 18.5 Å². The molecule has 0 saturated carbocycles. The third kappa shape index (κ3) is 6.08. The Morgan fingerprint density at radius 2 is 2.00 bits per heavy atom. The number of rotatable bonds is 8. The second kappa shape index (κ2) is 11.9. The van der Waals surface area contributed by atoms with E-state index < -0.39 is 10.0 Å². The van der Waals surface area contributed by atoms with Gasteiger partial charge in [0.15, 0.2) is 5.03 Å². The standard InChI is InChI=1S/C28H36N8O4S/c1-4-40-28(37)34-9-7-21(8-10-34)15-36(41(38,39)27-18-32(2)20-31-27)24-12-23-11-22(13-29)5-6-26(23)35(16-24)17-25-14-30-19-33(25)3/h5-6,11,14,18-21,24H,4,7-10,12,15-17H2,1-3H3. The highest BCUT2D eigenvalue weighted by molar-refractivity contribution is 7.89. The Kier molecular flexibility index (Phi) is 8.32. The minimum Gasteiger partial charge on any atom is -0.450 e. The highest BCUT2D eigenvalue weighted by Crippen LogP contribution is 2.34. The molecule has 2 aliphatic heterocycles. The van der Waals surface area contributed by atoms with Crippen molar-refractivity contribution < 1.29 is 17.9 Å². The molecule has 12 nitrogen and oxygen atoms in total. The first-order valence-electron chi connectivity index (χ1n) is 13.8. The largest absolute Gasteiger partial charge is 0.450 e.